The molecule has 0 saturated heterocycles. The van der Waals surface area contributed by atoms with Gasteiger partial charge in [-0.2, -0.15) is 0 Å². The smallest absolute Gasteiger partial charge is 0.242 e. The molecule has 0 radical (unpaired) electrons. The summed E-state index contributed by atoms with van der Waals surface area (Å²) in [6, 6.07) is 6.50. The van der Waals surface area contributed by atoms with Crippen molar-refractivity contribution in [1.29, 1.82) is 0 Å². The van der Waals surface area contributed by atoms with E-state index in [1.807, 2.05) is 0 Å². The van der Waals surface area contributed by atoms with Crippen molar-refractivity contribution in [3.8, 4) is 0 Å². The average molecular weight is 266 g/mol. The van der Waals surface area contributed by atoms with E-state index in [1.54, 1.807) is 24.3 Å². The van der Waals surface area contributed by atoms with E-state index < -0.39 is 11.8 Å². The Morgan fingerprint density at radius 1 is 1.11 bits per heavy atom. The van der Waals surface area contributed by atoms with E-state index in [0.717, 1.165) is 0 Å². The van der Waals surface area contributed by atoms with Crippen LogP contribution in [0.4, 0.5) is 5.69 Å². The zero-order valence-electron chi connectivity index (χ0n) is 9.61. The molecule has 0 atom stereocenters. The highest BCUT2D eigenvalue weighted by molar-refractivity contribution is 6.30. The van der Waals surface area contributed by atoms with Crippen LogP contribution in [0.15, 0.2) is 24.3 Å². The van der Waals surface area contributed by atoms with Crippen LogP contribution in [0, 0.1) is 5.92 Å². The van der Waals surface area contributed by atoms with Crippen molar-refractivity contribution in [3.05, 3.63) is 29.3 Å². The Kier molecular flexibility index (Phi) is 3.77. The minimum Gasteiger partial charge on any atom is -0.325 e. The molecule has 5 heteroatoms. The molecule has 1 aliphatic rings. The first-order valence-electron chi connectivity index (χ1n) is 5.70. The summed E-state index contributed by atoms with van der Waals surface area (Å²) >= 11 is 5.72. The van der Waals surface area contributed by atoms with Crippen molar-refractivity contribution in [2.75, 3.05) is 5.32 Å². The monoisotopic (exact) mass is 265 g/mol. The highest BCUT2D eigenvalue weighted by Crippen LogP contribution is 2.20. The third-order valence-corrected chi connectivity index (χ3v) is 3.12. The standard InChI is InChI=1S/C13H12ClNO3/c14-8-4-6-9(7-5-8)15-13(18)12-10(16)2-1-3-11(12)17/h4-7,12H,1-3H2,(H,15,18). The molecule has 2 rings (SSSR count). The van der Waals surface area contributed by atoms with Gasteiger partial charge >= 0.3 is 0 Å². The van der Waals surface area contributed by atoms with Crippen LogP contribution in [-0.2, 0) is 14.4 Å². The summed E-state index contributed by atoms with van der Waals surface area (Å²) in [6.45, 7) is 0. The number of benzene rings is 1. The maximum absolute atomic E-state index is 11.9. The second-order valence-corrected chi connectivity index (χ2v) is 4.65. The predicted molar refractivity (Wildman–Crippen MR) is 67.4 cm³/mol. The molecule has 1 saturated carbocycles. The van der Waals surface area contributed by atoms with Crippen LogP contribution in [0.5, 0.6) is 0 Å². The Hall–Kier alpha value is -1.68. The van der Waals surface area contributed by atoms with Crippen LogP contribution in [0.25, 0.3) is 0 Å². The Bertz CT molecular complexity index is 479. The van der Waals surface area contributed by atoms with Crippen LogP contribution in [0.2, 0.25) is 5.02 Å². The maximum atomic E-state index is 11.9. The van der Waals surface area contributed by atoms with Crippen molar-refractivity contribution < 1.29 is 14.4 Å². The number of anilines is 1. The van der Waals surface area contributed by atoms with Gasteiger partial charge in [-0.15, -0.1) is 0 Å². The lowest BCUT2D eigenvalue weighted by molar-refractivity contribution is -0.140. The number of carbonyl (C=O) groups excluding carboxylic acids is 3. The quantitative estimate of drug-likeness (QED) is 0.834. The summed E-state index contributed by atoms with van der Waals surface area (Å²) < 4.78 is 0. The predicted octanol–water partition coefficient (Wildman–Crippen LogP) is 2.22. The third-order valence-electron chi connectivity index (χ3n) is 2.86. The second-order valence-electron chi connectivity index (χ2n) is 4.22. The number of carbonyl (C=O) groups is 3. The van der Waals surface area contributed by atoms with Gasteiger partial charge in [0.2, 0.25) is 5.91 Å². The van der Waals surface area contributed by atoms with Crippen LogP contribution in [-0.4, -0.2) is 17.5 Å². The zero-order valence-corrected chi connectivity index (χ0v) is 10.4. The molecule has 0 aliphatic heterocycles. The number of rotatable bonds is 2. The average Bonchev–Trinajstić information content (AvgIpc) is 2.32. The third kappa shape index (κ3) is 2.76. The van der Waals surface area contributed by atoms with Gasteiger partial charge in [0.1, 0.15) is 0 Å². The van der Waals surface area contributed by atoms with Gasteiger partial charge in [-0.05, 0) is 30.7 Å². The Morgan fingerprint density at radius 3 is 2.22 bits per heavy atom. The molecule has 1 aliphatic carbocycles. The Labute approximate surface area is 109 Å². The molecule has 18 heavy (non-hydrogen) atoms. The van der Waals surface area contributed by atoms with E-state index in [9.17, 15) is 14.4 Å². The summed E-state index contributed by atoms with van der Waals surface area (Å²) in [5.74, 6) is -2.28. The molecule has 1 aromatic rings. The number of hydrogen-bond donors (Lipinski definition) is 1. The van der Waals surface area contributed by atoms with Crippen molar-refractivity contribution in [2.24, 2.45) is 5.92 Å². The summed E-state index contributed by atoms with van der Waals surface area (Å²) in [5, 5.41) is 3.11. The summed E-state index contributed by atoms with van der Waals surface area (Å²) in [5.41, 5.74) is 0.524. The zero-order chi connectivity index (χ0) is 13.1. The molecule has 1 amide bonds. The van der Waals surface area contributed by atoms with Crippen molar-refractivity contribution >= 4 is 34.8 Å². The molecular formula is C13H12ClNO3. The van der Waals surface area contributed by atoms with Crippen molar-refractivity contribution in [1.82, 2.24) is 0 Å². The molecule has 0 heterocycles. The van der Waals surface area contributed by atoms with Crippen molar-refractivity contribution in [3.63, 3.8) is 0 Å². The number of nitrogens with one attached hydrogen (secondary N) is 1. The SMILES string of the molecule is O=C1CCCC(=O)C1C(=O)Nc1ccc(Cl)cc1. The number of amides is 1. The van der Waals surface area contributed by atoms with Gasteiger partial charge in [0, 0.05) is 23.6 Å². The highest BCUT2D eigenvalue weighted by Gasteiger charge is 2.35. The summed E-state index contributed by atoms with van der Waals surface area (Å²) in [6.07, 6.45) is 1.14. The van der Waals surface area contributed by atoms with E-state index in [4.69, 9.17) is 11.6 Å². The fourth-order valence-electron chi connectivity index (χ4n) is 1.95. The highest BCUT2D eigenvalue weighted by atomic mass is 35.5. The second kappa shape index (κ2) is 5.31. The lowest BCUT2D eigenvalue weighted by atomic mass is 9.86. The molecule has 1 N–H and O–H groups in total. The first kappa shape index (κ1) is 12.8. The molecule has 1 fully saturated rings. The van der Waals surface area contributed by atoms with Gasteiger partial charge in [-0.3, -0.25) is 14.4 Å². The summed E-state index contributed by atoms with van der Waals surface area (Å²) in [7, 11) is 0. The van der Waals surface area contributed by atoms with E-state index in [2.05, 4.69) is 5.32 Å². The van der Waals surface area contributed by atoms with Crippen LogP contribution >= 0.6 is 11.6 Å². The fourth-order valence-corrected chi connectivity index (χ4v) is 2.07. The largest absolute Gasteiger partial charge is 0.325 e. The van der Waals surface area contributed by atoms with E-state index >= 15 is 0 Å². The molecular weight excluding hydrogens is 254 g/mol. The van der Waals surface area contributed by atoms with Gasteiger partial charge in [0.25, 0.3) is 0 Å². The molecule has 1 aromatic carbocycles. The molecule has 0 spiro atoms. The molecule has 0 bridgehead atoms. The van der Waals surface area contributed by atoms with Gasteiger partial charge < -0.3 is 5.32 Å². The van der Waals surface area contributed by atoms with E-state index in [-0.39, 0.29) is 11.6 Å². The van der Waals surface area contributed by atoms with Crippen LogP contribution in [0.3, 0.4) is 0 Å². The number of Topliss-reactive ketones (excluding diaryl/α,β-unsaturated/α-hetero) is 2. The molecule has 0 unspecified atom stereocenters. The van der Waals surface area contributed by atoms with E-state index in [1.165, 1.54) is 0 Å². The minimum atomic E-state index is -1.14. The van der Waals surface area contributed by atoms with E-state index in [0.29, 0.717) is 30.0 Å². The first-order chi connectivity index (χ1) is 8.58. The number of hydrogen-bond acceptors (Lipinski definition) is 3. The van der Waals surface area contributed by atoms with Crippen molar-refractivity contribution in [2.45, 2.75) is 19.3 Å². The topological polar surface area (TPSA) is 63.2 Å². The fraction of sp³-hybridized carbons (Fsp3) is 0.308. The number of ketones is 2. The lowest BCUT2D eigenvalue weighted by Crippen LogP contribution is -2.38. The Balaban J connectivity index is 2.09. The van der Waals surface area contributed by atoms with Gasteiger partial charge in [0.05, 0.1) is 0 Å². The maximum Gasteiger partial charge on any atom is 0.242 e. The van der Waals surface area contributed by atoms with Gasteiger partial charge in [-0.25, -0.2) is 0 Å². The molecule has 94 valence electrons. The Morgan fingerprint density at radius 2 is 1.67 bits per heavy atom. The first-order valence-corrected chi connectivity index (χ1v) is 6.07. The van der Waals surface area contributed by atoms with Gasteiger partial charge in [0.15, 0.2) is 17.5 Å². The van der Waals surface area contributed by atoms with Crippen LogP contribution in [0.1, 0.15) is 19.3 Å². The summed E-state index contributed by atoms with van der Waals surface area (Å²) in [4.78, 5) is 35.1. The lowest BCUT2D eigenvalue weighted by Gasteiger charge is -2.18. The molecule has 4 nitrogen and oxygen atoms in total. The number of halogens is 1. The normalized spacial score (nSPS) is 16.7. The minimum absolute atomic E-state index is 0.294. The van der Waals surface area contributed by atoms with Crippen LogP contribution < -0.4 is 5.32 Å². The molecule has 0 aromatic heterocycles. The van der Waals surface area contributed by atoms with Gasteiger partial charge in [-0.1, -0.05) is 11.6 Å².